The molecule has 1 aliphatic rings. The molecular weight excluding hydrogens is 444 g/mol. The molecular formula is C28H37N2O5+. The number of aryl methyl sites for hydroxylation is 2. The molecule has 0 unspecified atom stereocenters. The average molecular weight is 482 g/mol. The molecule has 0 saturated carbocycles. The van der Waals surface area contributed by atoms with Gasteiger partial charge in [0, 0.05) is 0 Å². The Morgan fingerprint density at radius 1 is 0.914 bits per heavy atom. The molecule has 2 aromatic rings. The maximum absolute atomic E-state index is 13.3. The standard InChI is InChI=1S/C28H36N2O5/c1-4-34-28(33)24-17-21(2)16-22(3)27(24)29-25(31)18-30(14-10-5-6-11-15-30)19-26(32)35-20-23-12-8-7-9-13-23/h7-9,12-13,16-17H,4-6,10-11,14-15,18-20H2,1-3H3/p+1. The summed E-state index contributed by atoms with van der Waals surface area (Å²) in [5.74, 6) is -0.986. The van der Waals surface area contributed by atoms with Crippen LogP contribution in [-0.2, 0) is 25.7 Å². The van der Waals surface area contributed by atoms with E-state index >= 15 is 0 Å². The fourth-order valence-electron chi connectivity index (χ4n) is 4.78. The van der Waals surface area contributed by atoms with Crippen LogP contribution < -0.4 is 5.32 Å². The molecule has 1 amide bonds. The van der Waals surface area contributed by atoms with Crippen LogP contribution in [0.5, 0.6) is 0 Å². The fourth-order valence-corrected chi connectivity index (χ4v) is 4.78. The van der Waals surface area contributed by atoms with Crippen molar-refractivity contribution in [1.82, 2.24) is 0 Å². The lowest BCUT2D eigenvalue weighted by atomic mass is 10.0. The van der Waals surface area contributed by atoms with Gasteiger partial charge in [-0.2, -0.15) is 0 Å². The molecule has 0 spiro atoms. The Kier molecular flexibility index (Phi) is 9.43. The Hall–Kier alpha value is -3.19. The van der Waals surface area contributed by atoms with Crippen LogP contribution in [-0.4, -0.2) is 55.1 Å². The van der Waals surface area contributed by atoms with Crippen molar-refractivity contribution in [2.24, 2.45) is 0 Å². The van der Waals surface area contributed by atoms with Crippen molar-refractivity contribution in [2.45, 2.75) is 53.1 Å². The van der Waals surface area contributed by atoms with Gasteiger partial charge in [0.25, 0.3) is 5.91 Å². The SMILES string of the molecule is CCOC(=O)c1cc(C)cc(C)c1NC(=O)C[N+]1(CC(=O)OCc2ccccc2)CCCCCC1. The van der Waals surface area contributed by atoms with Crippen LogP contribution in [0.15, 0.2) is 42.5 Å². The van der Waals surface area contributed by atoms with E-state index in [-0.39, 0.29) is 38.2 Å². The van der Waals surface area contributed by atoms with Crippen molar-refractivity contribution < 1.29 is 28.3 Å². The molecule has 2 aromatic carbocycles. The summed E-state index contributed by atoms with van der Waals surface area (Å²) >= 11 is 0. The third kappa shape index (κ3) is 7.65. The lowest BCUT2D eigenvalue weighted by Gasteiger charge is -2.36. The summed E-state index contributed by atoms with van der Waals surface area (Å²) in [5.41, 5.74) is 3.47. The number of carbonyl (C=O) groups is 3. The van der Waals surface area contributed by atoms with Crippen LogP contribution in [0.3, 0.4) is 0 Å². The molecule has 3 rings (SSSR count). The third-order valence-electron chi connectivity index (χ3n) is 6.44. The lowest BCUT2D eigenvalue weighted by molar-refractivity contribution is -0.913. The first kappa shape index (κ1) is 26.4. The van der Waals surface area contributed by atoms with Gasteiger partial charge in [-0.15, -0.1) is 0 Å². The summed E-state index contributed by atoms with van der Waals surface area (Å²) in [7, 11) is 0. The van der Waals surface area contributed by atoms with E-state index in [2.05, 4.69) is 5.32 Å². The quantitative estimate of drug-likeness (QED) is 0.420. The number of nitrogens with one attached hydrogen (secondary N) is 1. The minimum Gasteiger partial charge on any atom is -0.462 e. The van der Waals surface area contributed by atoms with Gasteiger partial charge in [0.05, 0.1) is 30.9 Å². The van der Waals surface area contributed by atoms with E-state index in [0.29, 0.717) is 15.7 Å². The van der Waals surface area contributed by atoms with Crippen molar-refractivity contribution in [1.29, 1.82) is 0 Å². The van der Waals surface area contributed by atoms with E-state index in [4.69, 9.17) is 9.47 Å². The van der Waals surface area contributed by atoms with E-state index in [1.165, 1.54) is 0 Å². The van der Waals surface area contributed by atoms with Crippen LogP contribution >= 0.6 is 0 Å². The van der Waals surface area contributed by atoms with Gasteiger partial charge >= 0.3 is 11.9 Å². The summed E-state index contributed by atoms with van der Waals surface area (Å²) in [6, 6.07) is 13.2. The van der Waals surface area contributed by atoms with Gasteiger partial charge in [0.1, 0.15) is 6.61 Å². The summed E-state index contributed by atoms with van der Waals surface area (Å²) < 4.78 is 11.1. The van der Waals surface area contributed by atoms with Crippen LogP contribution in [0.25, 0.3) is 0 Å². The van der Waals surface area contributed by atoms with Crippen LogP contribution in [0.2, 0.25) is 0 Å². The van der Waals surface area contributed by atoms with Gasteiger partial charge < -0.3 is 19.3 Å². The average Bonchev–Trinajstić information content (AvgIpc) is 3.05. The second kappa shape index (κ2) is 12.5. The Morgan fingerprint density at radius 2 is 1.60 bits per heavy atom. The molecule has 1 saturated heterocycles. The van der Waals surface area contributed by atoms with Gasteiger partial charge in [0.15, 0.2) is 13.1 Å². The molecule has 0 aromatic heterocycles. The lowest BCUT2D eigenvalue weighted by Crippen LogP contribution is -2.55. The van der Waals surface area contributed by atoms with Gasteiger partial charge in [-0.1, -0.05) is 36.4 Å². The highest BCUT2D eigenvalue weighted by Gasteiger charge is 2.35. The van der Waals surface area contributed by atoms with Gasteiger partial charge in [-0.3, -0.25) is 4.79 Å². The Labute approximate surface area is 208 Å². The van der Waals surface area contributed by atoms with E-state index in [1.54, 1.807) is 13.0 Å². The van der Waals surface area contributed by atoms with Crippen LogP contribution in [0.1, 0.15) is 59.7 Å². The number of benzene rings is 2. The number of ether oxygens (including phenoxy) is 2. The number of rotatable bonds is 9. The topological polar surface area (TPSA) is 81.7 Å². The minimum atomic E-state index is -0.460. The maximum Gasteiger partial charge on any atom is 0.362 e. The number of anilines is 1. The first-order valence-corrected chi connectivity index (χ1v) is 12.4. The normalized spacial score (nSPS) is 15.1. The smallest absolute Gasteiger partial charge is 0.362 e. The third-order valence-corrected chi connectivity index (χ3v) is 6.44. The second-order valence-electron chi connectivity index (χ2n) is 9.44. The van der Waals surface area contributed by atoms with Crippen LogP contribution in [0, 0.1) is 13.8 Å². The Morgan fingerprint density at radius 3 is 2.26 bits per heavy atom. The van der Waals surface area contributed by atoms with Crippen LogP contribution in [0.4, 0.5) is 5.69 Å². The molecule has 1 N–H and O–H groups in total. The van der Waals surface area contributed by atoms with E-state index in [0.717, 1.165) is 55.5 Å². The molecule has 0 bridgehead atoms. The van der Waals surface area contributed by atoms with E-state index in [9.17, 15) is 14.4 Å². The molecule has 1 heterocycles. The summed E-state index contributed by atoms with van der Waals surface area (Å²) in [6.45, 7) is 7.78. The zero-order valence-corrected chi connectivity index (χ0v) is 21.1. The molecule has 35 heavy (non-hydrogen) atoms. The van der Waals surface area contributed by atoms with E-state index < -0.39 is 5.97 Å². The molecule has 7 nitrogen and oxygen atoms in total. The predicted molar refractivity (Wildman–Crippen MR) is 135 cm³/mol. The number of amides is 1. The number of esters is 2. The molecule has 7 heteroatoms. The largest absolute Gasteiger partial charge is 0.462 e. The van der Waals surface area contributed by atoms with Crippen molar-refractivity contribution in [3.63, 3.8) is 0 Å². The van der Waals surface area contributed by atoms with Gasteiger partial charge in [-0.25, -0.2) is 9.59 Å². The number of likely N-dealkylation sites (tertiary alicyclic amines) is 1. The highest BCUT2D eigenvalue weighted by atomic mass is 16.5. The molecule has 0 atom stereocenters. The highest BCUT2D eigenvalue weighted by molar-refractivity contribution is 6.02. The molecule has 0 radical (unpaired) electrons. The number of nitrogens with zero attached hydrogens (tertiary/aromatic N) is 1. The Balaban J connectivity index is 1.74. The number of hydrogen-bond acceptors (Lipinski definition) is 5. The number of quaternary nitrogens is 1. The first-order chi connectivity index (χ1) is 16.8. The monoisotopic (exact) mass is 481 g/mol. The molecule has 1 fully saturated rings. The first-order valence-electron chi connectivity index (χ1n) is 12.4. The van der Waals surface area contributed by atoms with Crippen molar-refractivity contribution in [2.75, 3.05) is 38.1 Å². The number of hydrogen-bond donors (Lipinski definition) is 1. The maximum atomic E-state index is 13.3. The fraction of sp³-hybridized carbons (Fsp3) is 0.464. The molecule has 0 aliphatic carbocycles. The molecule has 188 valence electrons. The van der Waals surface area contributed by atoms with Gasteiger partial charge in [-0.05, 0) is 69.2 Å². The summed E-state index contributed by atoms with van der Waals surface area (Å²) in [4.78, 5) is 38.7. The Bertz CT molecular complexity index is 1030. The number of carbonyl (C=O) groups excluding carboxylic acids is 3. The molecule has 1 aliphatic heterocycles. The minimum absolute atomic E-state index is 0.149. The van der Waals surface area contributed by atoms with Crippen molar-refractivity contribution >= 4 is 23.5 Å². The summed E-state index contributed by atoms with van der Waals surface area (Å²) in [5, 5.41) is 2.96. The van der Waals surface area contributed by atoms with Gasteiger partial charge in [0.2, 0.25) is 0 Å². The summed E-state index contributed by atoms with van der Waals surface area (Å²) in [6.07, 6.45) is 4.09. The van der Waals surface area contributed by atoms with Crippen molar-refractivity contribution in [3.8, 4) is 0 Å². The predicted octanol–water partition coefficient (Wildman–Crippen LogP) is 4.55. The zero-order valence-electron chi connectivity index (χ0n) is 21.1. The second-order valence-corrected chi connectivity index (χ2v) is 9.44. The van der Waals surface area contributed by atoms with E-state index in [1.807, 2.05) is 50.2 Å². The van der Waals surface area contributed by atoms with Crippen molar-refractivity contribution in [3.05, 3.63) is 64.7 Å². The highest BCUT2D eigenvalue weighted by Crippen LogP contribution is 2.25. The zero-order chi connectivity index (χ0) is 25.3.